The number of nitrogens with one attached hydrogen (secondary N) is 2. The zero-order valence-electron chi connectivity index (χ0n) is 15.8. The van der Waals surface area contributed by atoms with E-state index in [1.807, 2.05) is 19.2 Å². The van der Waals surface area contributed by atoms with Gasteiger partial charge in [-0.3, -0.25) is 9.69 Å². The predicted molar refractivity (Wildman–Crippen MR) is 103 cm³/mol. The van der Waals surface area contributed by atoms with Crippen LogP contribution in [0.1, 0.15) is 36.3 Å². The number of benzene rings is 1. The second-order valence-electron chi connectivity index (χ2n) is 7.71. The van der Waals surface area contributed by atoms with E-state index < -0.39 is 17.2 Å². The maximum Gasteiger partial charge on any atom is 0.220 e. The number of carbonyl (C=O) groups is 1. The summed E-state index contributed by atoms with van der Waals surface area (Å²) in [6.45, 7) is 1.76. The van der Waals surface area contributed by atoms with E-state index in [9.17, 15) is 13.6 Å². The van der Waals surface area contributed by atoms with Crippen molar-refractivity contribution in [3.8, 4) is 0 Å². The molecule has 3 heterocycles. The number of anilines is 1. The third kappa shape index (κ3) is 3.46. The molecule has 0 saturated carbocycles. The third-order valence-electron chi connectivity index (χ3n) is 5.88. The molecule has 7 heteroatoms. The van der Waals surface area contributed by atoms with Crippen LogP contribution >= 0.6 is 0 Å². The van der Waals surface area contributed by atoms with Gasteiger partial charge in [-0.15, -0.1) is 0 Å². The highest BCUT2D eigenvalue weighted by Crippen LogP contribution is 2.43. The van der Waals surface area contributed by atoms with Crippen LogP contribution in [-0.2, 0) is 11.3 Å². The minimum absolute atomic E-state index is 0.0211. The molecule has 0 aliphatic carbocycles. The molecule has 0 unspecified atom stereocenters. The lowest BCUT2D eigenvalue weighted by atomic mass is 9.76. The first-order valence-corrected chi connectivity index (χ1v) is 9.61. The van der Waals surface area contributed by atoms with Gasteiger partial charge in [-0.2, -0.15) is 0 Å². The molecule has 1 aromatic carbocycles. The number of nitrogens with zero attached hydrogens (tertiary/aromatic N) is 2. The normalized spacial score (nSPS) is 25.1. The van der Waals surface area contributed by atoms with Crippen LogP contribution in [0.2, 0.25) is 0 Å². The largest absolute Gasteiger partial charge is 0.373 e. The predicted octanol–water partition coefficient (Wildman–Crippen LogP) is 3.04. The van der Waals surface area contributed by atoms with Gasteiger partial charge in [0.15, 0.2) is 0 Å². The number of carbonyl (C=O) groups excluding carboxylic acids is 1. The van der Waals surface area contributed by atoms with E-state index >= 15 is 0 Å². The fourth-order valence-electron chi connectivity index (χ4n) is 4.68. The number of halogens is 2. The van der Waals surface area contributed by atoms with Crippen LogP contribution in [0.4, 0.5) is 14.6 Å². The molecule has 2 fully saturated rings. The molecule has 2 saturated heterocycles. The Kier molecular flexibility index (Phi) is 5.02. The van der Waals surface area contributed by atoms with Gasteiger partial charge in [0.2, 0.25) is 5.91 Å². The third-order valence-corrected chi connectivity index (χ3v) is 5.88. The zero-order chi connectivity index (χ0) is 19.7. The summed E-state index contributed by atoms with van der Waals surface area (Å²) in [5.74, 6) is -0.416. The summed E-state index contributed by atoms with van der Waals surface area (Å²) in [6, 6.07) is 7.46. The van der Waals surface area contributed by atoms with Crippen LogP contribution in [0.15, 0.2) is 36.5 Å². The minimum Gasteiger partial charge on any atom is -0.373 e. The fraction of sp³-hybridized carbons (Fsp3) is 0.429. The van der Waals surface area contributed by atoms with Crippen molar-refractivity contribution in [1.82, 2.24) is 15.2 Å². The average molecular weight is 386 g/mol. The molecule has 148 valence electrons. The zero-order valence-corrected chi connectivity index (χ0v) is 15.8. The highest BCUT2D eigenvalue weighted by atomic mass is 19.1. The van der Waals surface area contributed by atoms with Crippen molar-refractivity contribution in [3.63, 3.8) is 0 Å². The summed E-state index contributed by atoms with van der Waals surface area (Å²) in [5, 5.41) is 6.22. The van der Waals surface area contributed by atoms with Gasteiger partial charge in [0.05, 0.1) is 5.54 Å². The van der Waals surface area contributed by atoms with Crippen LogP contribution in [0, 0.1) is 11.6 Å². The van der Waals surface area contributed by atoms with Gasteiger partial charge in [0.25, 0.3) is 0 Å². The SMILES string of the molecule is CNc1ncccc1CN1C[C@@H](c2cc(F)ccc2F)[C@@]2(CCCC(=O)N2)C1. The van der Waals surface area contributed by atoms with Gasteiger partial charge in [0, 0.05) is 50.8 Å². The number of piperidine rings is 1. The maximum atomic E-state index is 14.6. The molecule has 1 amide bonds. The Morgan fingerprint density at radius 3 is 3.00 bits per heavy atom. The number of hydrogen-bond donors (Lipinski definition) is 2. The van der Waals surface area contributed by atoms with Gasteiger partial charge in [-0.25, -0.2) is 13.8 Å². The number of pyridine rings is 1. The summed E-state index contributed by atoms with van der Waals surface area (Å²) < 4.78 is 28.5. The van der Waals surface area contributed by atoms with Gasteiger partial charge in [0.1, 0.15) is 17.5 Å². The van der Waals surface area contributed by atoms with E-state index in [-0.39, 0.29) is 11.8 Å². The number of hydrogen-bond acceptors (Lipinski definition) is 4. The van der Waals surface area contributed by atoms with Crippen molar-refractivity contribution in [1.29, 1.82) is 0 Å². The van der Waals surface area contributed by atoms with Crippen molar-refractivity contribution in [3.05, 3.63) is 59.3 Å². The summed E-state index contributed by atoms with van der Waals surface area (Å²) >= 11 is 0. The van der Waals surface area contributed by atoms with E-state index in [1.54, 1.807) is 6.20 Å². The summed E-state index contributed by atoms with van der Waals surface area (Å²) in [5.41, 5.74) is 0.791. The molecular weight excluding hydrogens is 362 g/mol. The highest BCUT2D eigenvalue weighted by molar-refractivity contribution is 5.78. The van der Waals surface area contributed by atoms with Gasteiger partial charge in [-0.1, -0.05) is 6.07 Å². The van der Waals surface area contributed by atoms with Crippen molar-refractivity contribution in [2.75, 3.05) is 25.5 Å². The molecule has 2 N–H and O–H groups in total. The minimum atomic E-state index is -0.577. The Bertz CT molecular complexity index is 890. The number of amides is 1. The average Bonchev–Trinajstić information content (AvgIpc) is 3.00. The fourth-order valence-corrected chi connectivity index (χ4v) is 4.68. The van der Waals surface area contributed by atoms with E-state index in [2.05, 4.69) is 20.5 Å². The van der Waals surface area contributed by atoms with Crippen molar-refractivity contribution in [2.24, 2.45) is 0 Å². The number of likely N-dealkylation sites (tertiary alicyclic amines) is 1. The van der Waals surface area contributed by atoms with Crippen LogP contribution in [0.25, 0.3) is 0 Å². The topological polar surface area (TPSA) is 57.3 Å². The van der Waals surface area contributed by atoms with Gasteiger partial charge >= 0.3 is 0 Å². The first-order valence-electron chi connectivity index (χ1n) is 9.61. The Balaban J connectivity index is 1.67. The first kappa shape index (κ1) is 18.8. The lowest BCUT2D eigenvalue weighted by molar-refractivity contribution is -0.125. The van der Waals surface area contributed by atoms with Gasteiger partial charge < -0.3 is 10.6 Å². The second kappa shape index (κ2) is 7.47. The molecule has 1 aromatic heterocycles. The summed E-state index contributed by atoms with van der Waals surface area (Å²) in [6.07, 6.45) is 3.71. The molecular formula is C21H24F2N4O. The van der Waals surface area contributed by atoms with E-state index in [0.717, 1.165) is 30.3 Å². The molecule has 2 aliphatic rings. The van der Waals surface area contributed by atoms with E-state index in [0.29, 0.717) is 31.6 Å². The molecule has 5 nitrogen and oxygen atoms in total. The maximum absolute atomic E-state index is 14.6. The van der Waals surface area contributed by atoms with Crippen molar-refractivity contribution in [2.45, 2.75) is 37.3 Å². The first-order chi connectivity index (χ1) is 13.5. The molecule has 1 spiro atoms. The van der Waals surface area contributed by atoms with Crippen LogP contribution in [0.5, 0.6) is 0 Å². The van der Waals surface area contributed by atoms with Crippen molar-refractivity contribution >= 4 is 11.7 Å². The summed E-state index contributed by atoms with van der Waals surface area (Å²) in [4.78, 5) is 18.7. The molecule has 28 heavy (non-hydrogen) atoms. The van der Waals surface area contributed by atoms with Crippen LogP contribution in [-0.4, -0.2) is 41.5 Å². The lowest BCUT2D eigenvalue weighted by Gasteiger charge is -2.39. The smallest absolute Gasteiger partial charge is 0.220 e. The van der Waals surface area contributed by atoms with E-state index in [4.69, 9.17) is 0 Å². The highest BCUT2D eigenvalue weighted by Gasteiger charge is 2.50. The monoisotopic (exact) mass is 386 g/mol. The Morgan fingerprint density at radius 2 is 2.21 bits per heavy atom. The number of aromatic nitrogens is 1. The molecule has 2 atom stereocenters. The van der Waals surface area contributed by atoms with Gasteiger partial charge in [-0.05, 0) is 42.7 Å². The molecule has 0 bridgehead atoms. The van der Waals surface area contributed by atoms with Crippen LogP contribution in [0.3, 0.4) is 0 Å². The molecule has 2 aromatic rings. The molecule has 0 radical (unpaired) electrons. The standard InChI is InChI=1S/C21H24F2N4O/c1-24-20-14(4-3-9-25-20)11-27-12-17(16-10-15(22)6-7-18(16)23)21(13-27)8-2-5-19(28)26-21/h3-4,6-7,9-10,17H,2,5,8,11-13H2,1H3,(H,24,25)(H,26,28)/t17-,21+/m0/s1. The second-order valence-corrected chi connectivity index (χ2v) is 7.71. The van der Waals surface area contributed by atoms with Crippen molar-refractivity contribution < 1.29 is 13.6 Å². The molecule has 2 aliphatic heterocycles. The Morgan fingerprint density at radius 1 is 1.36 bits per heavy atom. The Labute approximate surface area is 163 Å². The molecule has 4 rings (SSSR count). The van der Waals surface area contributed by atoms with Crippen LogP contribution < -0.4 is 10.6 Å². The Hall–Kier alpha value is -2.54. The quantitative estimate of drug-likeness (QED) is 0.848. The number of rotatable bonds is 4. The summed E-state index contributed by atoms with van der Waals surface area (Å²) in [7, 11) is 1.82. The van der Waals surface area contributed by atoms with E-state index in [1.165, 1.54) is 12.1 Å². The lowest BCUT2D eigenvalue weighted by Crippen LogP contribution is -2.56.